The van der Waals surface area contributed by atoms with Gasteiger partial charge in [-0.15, -0.1) is 0 Å². The van der Waals surface area contributed by atoms with Crippen molar-refractivity contribution in [2.24, 2.45) is 23.7 Å². The monoisotopic (exact) mass is 222 g/mol. The zero-order valence-corrected chi connectivity index (χ0v) is 11.4. The van der Waals surface area contributed by atoms with Crippen LogP contribution in [0.25, 0.3) is 0 Å². The molecular weight excluding hydrogens is 192 g/mol. The van der Waals surface area contributed by atoms with Crippen LogP contribution in [-0.2, 0) is 0 Å². The summed E-state index contributed by atoms with van der Waals surface area (Å²) in [5, 5.41) is 0. The maximum absolute atomic E-state index is 2.46. The Morgan fingerprint density at radius 2 is 1.75 bits per heavy atom. The molecule has 4 atom stereocenters. The summed E-state index contributed by atoms with van der Waals surface area (Å²) >= 11 is 0. The highest BCUT2D eigenvalue weighted by Crippen LogP contribution is 2.43. The molecule has 0 aromatic rings. The predicted molar refractivity (Wildman–Crippen MR) is 71.5 cm³/mol. The molecule has 0 bridgehead atoms. The summed E-state index contributed by atoms with van der Waals surface area (Å²) in [6, 6.07) is 0. The highest BCUT2D eigenvalue weighted by Gasteiger charge is 2.32. The fourth-order valence-corrected chi connectivity index (χ4v) is 4.19. The Morgan fingerprint density at radius 1 is 0.938 bits per heavy atom. The van der Waals surface area contributed by atoms with Gasteiger partial charge in [0, 0.05) is 0 Å². The third-order valence-electron chi connectivity index (χ3n) is 5.19. The van der Waals surface area contributed by atoms with Gasteiger partial charge in [-0.2, -0.15) is 0 Å². The van der Waals surface area contributed by atoms with Crippen LogP contribution in [0.3, 0.4) is 0 Å². The maximum Gasteiger partial charge on any atom is -0.0383 e. The normalized spacial score (nSPS) is 40.1. The molecule has 0 heterocycles. The summed E-state index contributed by atoms with van der Waals surface area (Å²) in [6.07, 6.45) is 15.2. The third kappa shape index (κ3) is 3.25. The van der Waals surface area contributed by atoms with Gasteiger partial charge in [0.25, 0.3) is 0 Å². The Hall–Kier alpha value is 0. The summed E-state index contributed by atoms with van der Waals surface area (Å²) < 4.78 is 0. The number of hydrogen-bond donors (Lipinski definition) is 0. The van der Waals surface area contributed by atoms with Crippen molar-refractivity contribution < 1.29 is 0 Å². The first kappa shape index (κ1) is 12.5. The third-order valence-corrected chi connectivity index (χ3v) is 5.19. The largest absolute Gasteiger partial charge is 0.0654 e. The highest BCUT2D eigenvalue weighted by molar-refractivity contribution is 4.83. The van der Waals surface area contributed by atoms with Crippen LogP contribution in [0.4, 0.5) is 0 Å². The summed E-state index contributed by atoms with van der Waals surface area (Å²) in [7, 11) is 0. The van der Waals surface area contributed by atoms with Crippen molar-refractivity contribution in [2.45, 2.75) is 78.1 Å². The van der Waals surface area contributed by atoms with Crippen molar-refractivity contribution in [2.75, 3.05) is 0 Å². The first-order valence-corrected chi connectivity index (χ1v) is 7.79. The Balaban J connectivity index is 1.77. The van der Waals surface area contributed by atoms with E-state index < -0.39 is 0 Å². The van der Waals surface area contributed by atoms with Crippen LogP contribution in [-0.4, -0.2) is 0 Å². The lowest BCUT2D eigenvalue weighted by atomic mass is 9.73. The number of rotatable bonds is 4. The van der Waals surface area contributed by atoms with Crippen molar-refractivity contribution in [3.63, 3.8) is 0 Å². The quantitative estimate of drug-likeness (QED) is 0.596. The van der Waals surface area contributed by atoms with Gasteiger partial charge in [-0.3, -0.25) is 0 Å². The highest BCUT2D eigenvalue weighted by atomic mass is 14.4. The summed E-state index contributed by atoms with van der Waals surface area (Å²) in [6.45, 7) is 4.79. The molecule has 0 spiro atoms. The van der Waals surface area contributed by atoms with E-state index in [0.717, 1.165) is 23.7 Å². The van der Waals surface area contributed by atoms with E-state index in [9.17, 15) is 0 Å². The van der Waals surface area contributed by atoms with Crippen LogP contribution in [0.1, 0.15) is 78.1 Å². The molecule has 16 heavy (non-hydrogen) atoms. The van der Waals surface area contributed by atoms with E-state index in [1.807, 2.05) is 0 Å². The lowest BCUT2D eigenvalue weighted by molar-refractivity contribution is 0.185. The standard InChI is InChI=1S/C16H30/c1-3-4-6-14-7-5-8-15(12-14)16-10-9-13(2)11-16/h13-16H,3-12H2,1-2H3. The van der Waals surface area contributed by atoms with E-state index in [2.05, 4.69) is 13.8 Å². The van der Waals surface area contributed by atoms with Crippen LogP contribution in [0.2, 0.25) is 0 Å². The van der Waals surface area contributed by atoms with Gasteiger partial charge in [-0.1, -0.05) is 58.8 Å². The summed E-state index contributed by atoms with van der Waals surface area (Å²) in [4.78, 5) is 0. The molecule has 0 aromatic carbocycles. The number of hydrogen-bond acceptors (Lipinski definition) is 0. The second kappa shape index (κ2) is 6.07. The minimum atomic E-state index is 1.03. The molecule has 0 nitrogen and oxygen atoms in total. The molecular formula is C16H30. The lowest BCUT2D eigenvalue weighted by Crippen LogP contribution is -2.21. The van der Waals surface area contributed by atoms with E-state index in [4.69, 9.17) is 0 Å². The van der Waals surface area contributed by atoms with Crippen LogP contribution in [0.5, 0.6) is 0 Å². The first-order chi connectivity index (χ1) is 7.79. The minimum absolute atomic E-state index is 1.03. The molecule has 0 heteroatoms. The Kier molecular flexibility index (Phi) is 4.73. The smallest absolute Gasteiger partial charge is 0.0383 e. The second-order valence-electron chi connectivity index (χ2n) is 6.61. The van der Waals surface area contributed by atoms with Crippen molar-refractivity contribution in [3.05, 3.63) is 0 Å². The minimum Gasteiger partial charge on any atom is -0.0654 e. The molecule has 94 valence electrons. The van der Waals surface area contributed by atoms with Crippen molar-refractivity contribution in [1.29, 1.82) is 0 Å². The number of unbranched alkanes of at least 4 members (excludes halogenated alkanes) is 1. The maximum atomic E-state index is 2.46. The first-order valence-electron chi connectivity index (χ1n) is 7.79. The molecule has 0 radical (unpaired) electrons. The van der Waals surface area contributed by atoms with Crippen molar-refractivity contribution in [3.8, 4) is 0 Å². The van der Waals surface area contributed by atoms with Crippen LogP contribution >= 0.6 is 0 Å². The molecule has 0 N–H and O–H groups in total. The molecule has 2 aliphatic carbocycles. The average molecular weight is 222 g/mol. The lowest BCUT2D eigenvalue weighted by Gasteiger charge is -2.33. The Morgan fingerprint density at radius 3 is 2.44 bits per heavy atom. The van der Waals surface area contributed by atoms with Gasteiger partial charge in [0.15, 0.2) is 0 Å². The molecule has 2 saturated carbocycles. The fourth-order valence-electron chi connectivity index (χ4n) is 4.19. The Bertz CT molecular complexity index is 196. The predicted octanol–water partition coefficient (Wildman–Crippen LogP) is 5.42. The topological polar surface area (TPSA) is 0 Å². The van der Waals surface area contributed by atoms with Gasteiger partial charge in [-0.25, -0.2) is 0 Å². The zero-order valence-electron chi connectivity index (χ0n) is 11.4. The Labute approximate surface area is 102 Å². The fraction of sp³-hybridized carbons (Fsp3) is 1.00. The van der Waals surface area contributed by atoms with Crippen LogP contribution in [0, 0.1) is 23.7 Å². The van der Waals surface area contributed by atoms with Gasteiger partial charge in [0.1, 0.15) is 0 Å². The molecule has 0 aromatic heterocycles. The van der Waals surface area contributed by atoms with E-state index in [1.54, 1.807) is 32.1 Å². The van der Waals surface area contributed by atoms with Gasteiger partial charge >= 0.3 is 0 Å². The van der Waals surface area contributed by atoms with Crippen molar-refractivity contribution in [1.82, 2.24) is 0 Å². The van der Waals surface area contributed by atoms with E-state index in [-0.39, 0.29) is 0 Å². The van der Waals surface area contributed by atoms with Crippen LogP contribution < -0.4 is 0 Å². The van der Waals surface area contributed by atoms with E-state index in [1.165, 1.54) is 32.1 Å². The molecule has 0 amide bonds. The van der Waals surface area contributed by atoms with Gasteiger partial charge in [0.2, 0.25) is 0 Å². The second-order valence-corrected chi connectivity index (χ2v) is 6.61. The molecule has 0 aliphatic heterocycles. The molecule has 0 saturated heterocycles. The van der Waals surface area contributed by atoms with Gasteiger partial charge in [0.05, 0.1) is 0 Å². The summed E-state index contributed by atoms with van der Waals surface area (Å²) in [5.74, 6) is 4.34. The average Bonchev–Trinajstić information content (AvgIpc) is 2.74. The molecule has 2 aliphatic rings. The summed E-state index contributed by atoms with van der Waals surface area (Å²) in [5.41, 5.74) is 0. The van der Waals surface area contributed by atoms with Crippen molar-refractivity contribution >= 4 is 0 Å². The molecule has 4 unspecified atom stereocenters. The van der Waals surface area contributed by atoms with Crippen LogP contribution in [0.15, 0.2) is 0 Å². The zero-order chi connectivity index (χ0) is 11.4. The molecule has 2 rings (SSSR count). The molecule has 2 fully saturated rings. The van der Waals surface area contributed by atoms with Gasteiger partial charge < -0.3 is 0 Å². The van der Waals surface area contributed by atoms with E-state index in [0.29, 0.717) is 0 Å². The van der Waals surface area contributed by atoms with Gasteiger partial charge in [-0.05, 0) is 42.9 Å². The SMILES string of the molecule is CCCCC1CCCC(C2CCC(C)C2)C1. The van der Waals surface area contributed by atoms with E-state index >= 15 is 0 Å².